The third-order valence-electron chi connectivity index (χ3n) is 3.05. The van der Waals surface area contributed by atoms with Gasteiger partial charge in [0.05, 0.1) is 5.54 Å². The predicted octanol–water partition coefficient (Wildman–Crippen LogP) is 2.94. The monoisotopic (exact) mass is 298 g/mol. The standard InChI is InChI=1S/C15H23FN2OS/c1-11(2)18-15(3,14(17)19)9-4-10-20-13-7-5-12(16)6-8-13/h5-8,11,18H,4,9-10H2,1-3H3,(H2,17,19). The second-order valence-electron chi connectivity index (χ2n) is 5.40. The van der Waals surface area contributed by atoms with Gasteiger partial charge in [0, 0.05) is 10.9 Å². The number of thioether (sulfide) groups is 1. The molecule has 0 aliphatic heterocycles. The summed E-state index contributed by atoms with van der Waals surface area (Å²) in [7, 11) is 0. The molecule has 0 aliphatic rings. The van der Waals surface area contributed by atoms with Crippen molar-refractivity contribution >= 4 is 17.7 Å². The van der Waals surface area contributed by atoms with Crippen molar-refractivity contribution in [3.63, 3.8) is 0 Å². The minimum Gasteiger partial charge on any atom is -0.368 e. The van der Waals surface area contributed by atoms with Crippen molar-refractivity contribution in [3.05, 3.63) is 30.1 Å². The highest BCUT2D eigenvalue weighted by atomic mass is 32.2. The Kier molecular flexibility index (Phi) is 6.49. The van der Waals surface area contributed by atoms with Crippen LogP contribution in [0.5, 0.6) is 0 Å². The number of benzene rings is 1. The maximum absolute atomic E-state index is 12.8. The first-order chi connectivity index (χ1) is 9.33. The zero-order chi connectivity index (χ0) is 15.2. The number of hydrogen-bond acceptors (Lipinski definition) is 3. The number of halogens is 1. The summed E-state index contributed by atoms with van der Waals surface area (Å²) >= 11 is 1.65. The second-order valence-corrected chi connectivity index (χ2v) is 6.57. The zero-order valence-electron chi connectivity index (χ0n) is 12.3. The van der Waals surface area contributed by atoms with Crippen LogP contribution >= 0.6 is 11.8 Å². The first kappa shape index (κ1) is 17.0. The van der Waals surface area contributed by atoms with E-state index in [1.165, 1.54) is 12.1 Å². The Morgan fingerprint density at radius 1 is 1.40 bits per heavy atom. The Bertz CT molecular complexity index is 436. The number of rotatable bonds is 8. The van der Waals surface area contributed by atoms with Crippen LogP contribution in [-0.4, -0.2) is 23.2 Å². The molecule has 0 fully saturated rings. The van der Waals surface area contributed by atoms with Crippen molar-refractivity contribution in [2.24, 2.45) is 5.73 Å². The third-order valence-corrected chi connectivity index (χ3v) is 4.15. The Labute approximate surface area is 124 Å². The molecule has 0 aromatic heterocycles. The molecule has 1 aromatic carbocycles. The number of nitrogens with one attached hydrogen (secondary N) is 1. The van der Waals surface area contributed by atoms with Crippen LogP contribution < -0.4 is 11.1 Å². The van der Waals surface area contributed by atoms with E-state index < -0.39 is 5.54 Å². The van der Waals surface area contributed by atoms with Gasteiger partial charge in [-0.2, -0.15) is 0 Å². The maximum Gasteiger partial charge on any atom is 0.237 e. The van der Waals surface area contributed by atoms with Gasteiger partial charge in [0.2, 0.25) is 5.91 Å². The predicted molar refractivity (Wildman–Crippen MR) is 82.2 cm³/mol. The fourth-order valence-electron chi connectivity index (χ4n) is 2.05. The van der Waals surface area contributed by atoms with Crippen LogP contribution in [0.1, 0.15) is 33.6 Å². The minimum atomic E-state index is -0.669. The molecular weight excluding hydrogens is 275 g/mol. The fraction of sp³-hybridized carbons (Fsp3) is 0.533. The Hall–Kier alpha value is -1.07. The number of primary amides is 1. The van der Waals surface area contributed by atoms with Gasteiger partial charge in [-0.15, -0.1) is 11.8 Å². The number of carbonyl (C=O) groups is 1. The summed E-state index contributed by atoms with van der Waals surface area (Å²) in [6, 6.07) is 6.64. The van der Waals surface area contributed by atoms with E-state index in [2.05, 4.69) is 5.32 Å². The second kappa shape index (κ2) is 7.64. The lowest BCUT2D eigenvalue weighted by Crippen LogP contribution is -2.55. The van der Waals surface area contributed by atoms with Gasteiger partial charge in [0.15, 0.2) is 0 Å². The van der Waals surface area contributed by atoms with E-state index in [1.807, 2.05) is 20.8 Å². The largest absolute Gasteiger partial charge is 0.368 e. The Morgan fingerprint density at radius 3 is 2.50 bits per heavy atom. The van der Waals surface area contributed by atoms with E-state index in [0.29, 0.717) is 6.42 Å². The maximum atomic E-state index is 12.8. The van der Waals surface area contributed by atoms with Gasteiger partial charge in [-0.25, -0.2) is 4.39 Å². The van der Waals surface area contributed by atoms with Crippen molar-refractivity contribution in [1.29, 1.82) is 0 Å². The molecule has 5 heteroatoms. The number of carbonyl (C=O) groups excluding carboxylic acids is 1. The summed E-state index contributed by atoms with van der Waals surface area (Å²) in [5, 5.41) is 3.23. The molecule has 1 aromatic rings. The molecule has 0 saturated heterocycles. The number of hydrogen-bond donors (Lipinski definition) is 2. The molecule has 3 N–H and O–H groups in total. The molecule has 0 aliphatic carbocycles. The van der Waals surface area contributed by atoms with E-state index in [0.717, 1.165) is 17.1 Å². The van der Waals surface area contributed by atoms with Crippen molar-refractivity contribution in [1.82, 2.24) is 5.32 Å². The van der Waals surface area contributed by atoms with Gasteiger partial charge in [-0.05, 0) is 63.6 Å². The summed E-state index contributed by atoms with van der Waals surface area (Å²) in [4.78, 5) is 12.6. The summed E-state index contributed by atoms with van der Waals surface area (Å²) in [6.45, 7) is 5.83. The van der Waals surface area contributed by atoms with E-state index in [9.17, 15) is 9.18 Å². The average molecular weight is 298 g/mol. The van der Waals surface area contributed by atoms with Crippen molar-refractivity contribution in [3.8, 4) is 0 Å². The van der Waals surface area contributed by atoms with Gasteiger partial charge in [0.25, 0.3) is 0 Å². The zero-order valence-corrected chi connectivity index (χ0v) is 13.1. The quantitative estimate of drug-likeness (QED) is 0.573. The van der Waals surface area contributed by atoms with Crippen LogP contribution in [0.15, 0.2) is 29.2 Å². The number of amides is 1. The van der Waals surface area contributed by atoms with Crippen LogP contribution in [0.3, 0.4) is 0 Å². The normalized spacial score (nSPS) is 14.2. The lowest BCUT2D eigenvalue weighted by Gasteiger charge is -2.29. The van der Waals surface area contributed by atoms with Crippen molar-refractivity contribution in [2.45, 2.75) is 50.1 Å². The summed E-state index contributed by atoms with van der Waals surface area (Å²) in [5.74, 6) is 0.323. The van der Waals surface area contributed by atoms with Gasteiger partial charge in [-0.1, -0.05) is 0 Å². The average Bonchev–Trinajstić information content (AvgIpc) is 2.36. The van der Waals surface area contributed by atoms with Crippen molar-refractivity contribution < 1.29 is 9.18 Å². The summed E-state index contributed by atoms with van der Waals surface area (Å²) in [5.41, 5.74) is 4.81. The molecule has 0 saturated carbocycles. The molecule has 0 spiro atoms. The third kappa shape index (κ3) is 5.51. The first-order valence-electron chi connectivity index (χ1n) is 6.79. The molecule has 3 nitrogen and oxygen atoms in total. The van der Waals surface area contributed by atoms with Gasteiger partial charge in [-0.3, -0.25) is 4.79 Å². The molecule has 0 bridgehead atoms. The smallest absolute Gasteiger partial charge is 0.237 e. The highest BCUT2D eigenvalue weighted by Gasteiger charge is 2.30. The molecular formula is C15H23FN2OS. The highest BCUT2D eigenvalue weighted by molar-refractivity contribution is 7.99. The SMILES string of the molecule is CC(C)NC(C)(CCCSc1ccc(F)cc1)C(N)=O. The van der Waals surface area contributed by atoms with Crippen LogP contribution in [-0.2, 0) is 4.79 Å². The summed E-state index contributed by atoms with van der Waals surface area (Å²) in [6.07, 6.45) is 1.55. The van der Waals surface area contributed by atoms with Crippen LogP contribution in [0, 0.1) is 5.82 Å². The molecule has 1 amide bonds. The van der Waals surface area contributed by atoms with Crippen LogP contribution in [0.25, 0.3) is 0 Å². The molecule has 1 unspecified atom stereocenters. The molecule has 1 rings (SSSR count). The van der Waals surface area contributed by atoms with Gasteiger partial charge in [0.1, 0.15) is 5.82 Å². The summed E-state index contributed by atoms with van der Waals surface area (Å²) < 4.78 is 12.8. The molecule has 20 heavy (non-hydrogen) atoms. The molecule has 112 valence electrons. The Morgan fingerprint density at radius 2 is 2.00 bits per heavy atom. The Balaban J connectivity index is 2.41. The van der Waals surface area contributed by atoms with Gasteiger partial charge >= 0.3 is 0 Å². The fourth-order valence-corrected chi connectivity index (χ4v) is 2.90. The minimum absolute atomic E-state index is 0.206. The lowest BCUT2D eigenvalue weighted by molar-refractivity contribution is -0.124. The lowest BCUT2D eigenvalue weighted by atomic mass is 9.94. The molecule has 0 heterocycles. The number of nitrogens with two attached hydrogens (primary N) is 1. The topological polar surface area (TPSA) is 55.1 Å². The van der Waals surface area contributed by atoms with E-state index in [1.54, 1.807) is 23.9 Å². The molecule has 1 atom stereocenters. The van der Waals surface area contributed by atoms with E-state index >= 15 is 0 Å². The van der Waals surface area contributed by atoms with Crippen molar-refractivity contribution in [2.75, 3.05) is 5.75 Å². The van der Waals surface area contributed by atoms with E-state index in [4.69, 9.17) is 5.73 Å². The van der Waals surface area contributed by atoms with Crippen LogP contribution in [0.4, 0.5) is 4.39 Å². The first-order valence-corrected chi connectivity index (χ1v) is 7.78. The molecule has 0 radical (unpaired) electrons. The highest BCUT2D eigenvalue weighted by Crippen LogP contribution is 2.22. The van der Waals surface area contributed by atoms with Crippen LogP contribution in [0.2, 0.25) is 0 Å². The van der Waals surface area contributed by atoms with E-state index in [-0.39, 0.29) is 17.8 Å². The van der Waals surface area contributed by atoms with Gasteiger partial charge < -0.3 is 11.1 Å².